The molecule has 8 heteroatoms. The van der Waals surface area contributed by atoms with Crippen LogP contribution >= 0.6 is 0 Å². The Morgan fingerprint density at radius 3 is 2.38 bits per heavy atom. The van der Waals surface area contributed by atoms with Crippen LogP contribution in [-0.4, -0.2) is 51.7 Å². The molecule has 2 aromatic rings. The summed E-state index contributed by atoms with van der Waals surface area (Å²) >= 11 is 0. The summed E-state index contributed by atoms with van der Waals surface area (Å²) in [6.45, 7) is 9.15. The van der Waals surface area contributed by atoms with Gasteiger partial charge in [0.1, 0.15) is 11.7 Å². The molecule has 3 rings (SSSR count). The predicted octanol–water partition coefficient (Wildman–Crippen LogP) is 4.97. The molecule has 1 unspecified atom stereocenters. The van der Waals surface area contributed by atoms with Crippen LogP contribution < -0.4 is 0 Å². The molecule has 2 heterocycles. The molecular weight excluding hydrogens is 436 g/mol. The third kappa shape index (κ3) is 6.12. The summed E-state index contributed by atoms with van der Waals surface area (Å²) in [6, 6.07) is 9.43. The van der Waals surface area contributed by atoms with E-state index in [2.05, 4.69) is 4.98 Å². The SMILES string of the molecule is CC(=O)OC(C)c1ccc2ccc(C=CC3(C(=O)O)CCN(C(=O)OC(C)(C)C)CC3)cc2n1. The smallest absolute Gasteiger partial charge is 0.410 e. The fourth-order valence-corrected chi connectivity index (χ4v) is 3.91. The summed E-state index contributed by atoms with van der Waals surface area (Å²) in [5.74, 6) is -1.29. The summed E-state index contributed by atoms with van der Waals surface area (Å²) in [6.07, 6.45) is 3.22. The maximum atomic E-state index is 12.3. The number of carboxylic acids is 1. The number of benzene rings is 1. The maximum Gasteiger partial charge on any atom is 0.410 e. The highest BCUT2D eigenvalue weighted by atomic mass is 16.6. The maximum absolute atomic E-state index is 12.3. The highest BCUT2D eigenvalue weighted by Crippen LogP contribution is 2.35. The second-order valence-electron chi connectivity index (χ2n) is 9.70. The summed E-state index contributed by atoms with van der Waals surface area (Å²) < 4.78 is 10.6. The quantitative estimate of drug-likeness (QED) is 0.617. The van der Waals surface area contributed by atoms with Crippen LogP contribution in [-0.2, 0) is 19.1 Å². The van der Waals surface area contributed by atoms with Crippen molar-refractivity contribution in [3.63, 3.8) is 0 Å². The Bertz CT molecular complexity index is 1110. The molecule has 1 aliphatic rings. The van der Waals surface area contributed by atoms with E-state index in [0.29, 0.717) is 31.6 Å². The molecule has 1 amide bonds. The van der Waals surface area contributed by atoms with Crippen LogP contribution in [0.4, 0.5) is 4.79 Å². The van der Waals surface area contributed by atoms with Crippen LogP contribution in [0.1, 0.15) is 64.8 Å². The van der Waals surface area contributed by atoms with Gasteiger partial charge in [0.25, 0.3) is 0 Å². The van der Waals surface area contributed by atoms with Crippen LogP contribution in [0.5, 0.6) is 0 Å². The number of hydrogen-bond acceptors (Lipinski definition) is 6. The van der Waals surface area contributed by atoms with Crippen LogP contribution in [0.3, 0.4) is 0 Å². The number of piperidine rings is 1. The molecule has 0 radical (unpaired) electrons. The van der Waals surface area contributed by atoms with Gasteiger partial charge in [0.15, 0.2) is 0 Å². The van der Waals surface area contributed by atoms with Crippen molar-refractivity contribution in [2.24, 2.45) is 5.41 Å². The lowest BCUT2D eigenvalue weighted by molar-refractivity contribution is -0.148. The molecule has 1 atom stereocenters. The van der Waals surface area contributed by atoms with Crippen molar-refractivity contribution in [3.05, 3.63) is 47.7 Å². The monoisotopic (exact) mass is 468 g/mol. The molecule has 0 spiro atoms. The molecule has 1 aromatic carbocycles. The molecule has 1 aliphatic heterocycles. The Labute approximate surface area is 199 Å². The highest BCUT2D eigenvalue weighted by molar-refractivity contribution is 5.83. The fraction of sp³-hybridized carbons (Fsp3) is 0.462. The molecule has 0 saturated carbocycles. The number of amides is 1. The molecular formula is C26H32N2O6. The van der Waals surface area contributed by atoms with Gasteiger partial charge in [-0.05, 0) is 58.2 Å². The summed E-state index contributed by atoms with van der Waals surface area (Å²) in [5, 5.41) is 10.9. The van der Waals surface area contributed by atoms with Crippen LogP contribution in [0.15, 0.2) is 36.4 Å². The van der Waals surface area contributed by atoms with Crippen molar-refractivity contribution in [3.8, 4) is 0 Å². The van der Waals surface area contributed by atoms with E-state index in [1.54, 1.807) is 44.7 Å². The minimum atomic E-state index is -1.06. The van der Waals surface area contributed by atoms with Gasteiger partial charge in [0.2, 0.25) is 0 Å². The zero-order valence-electron chi connectivity index (χ0n) is 20.3. The molecule has 1 aromatic heterocycles. The summed E-state index contributed by atoms with van der Waals surface area (Å²) in [5.41, 5.74) is 0.515. The van der Waals surface area contributed by atoms with Crippen molar-refractivity contribution in [1.29, 1.82) is 0 Å². The molecule has 1 saturated heterocycles. The zero-order chi connectivity index (χ0) is 25.1. The summed E-state index contributed by atoms with van der Waals surface area (Å²) in [4.78, 5) is 41.9. The molecule has 8 nitrogen and oxygen atoms in total. The molecule has 34 heavy (non-hydrogen) atoms. The Hall–Kier alpha value is -3.42. The van der Waals surface area contributed by atoms with E-state index in [9.17, 15) is 19.5 Å². The van der Waals surface area contributed by atoms with Crippen LogP contribution in [0.2, 0.25) is 0 Å². The zero-order valence-corrected chi connectivity index (χ0v) is 20.3. The number of rotatable bonds is 5. The number of hydrogen-bond donors (Lipinski definition) is 1. The Morgan fingerprint density at radius 2 is 1.79 bits per heavy atom. The van der Waals surface area contributed by atoms with Gasteiger partial charge in [-0.3, -0.25) is 9.59 Å². The van der Waals surface area contributed by atoms with Crippen LogP contribution in [0, 0.1) is 5.41 Å². The normalized spacial score (nSPS) is 16.9. The lowest BCUT2D eigenvalue weighted by atomic mass is 9.78. The topological polar surface area (TPSA) is 106 Å². The van der Waals surface area contributed by atoms with Crippen molar-refractivity contribution < 1.29 is 29.0 Å². The number of carboxylic acid groups (broad SMARTS) is 1. The first-order valence-corrected chi connectivity index (χ1v) is 11.4. The number of pyridine rings is 1. The van der Waals surface area contributed by atoms with E-state index in [1.807, 2.05) is 30.3 Å². The number of nitrogens with zero attached hydrogens (tertiary/aromatic N) is 2. The van der Waals surface area contributed by atoms with E-state index in [0.717, 1.165) is 16.5 Å². The minimum absolute atomic E-state index is 0.300. The van der Waals surface area contributed by atoms with Gasteiger partial charge in [-0.15, -0.1) is 0 Å². The van der Waals surface area contributed by atoms with Crippen molar-refractivity contribution >= 4 is 35.0 Å². The van der Waals surface area contributed by atoms with Gasteiger partial charge in [0, 0.05) is 25.4 Å². The Balaban J connectivity index is 1.77. The standard InChI is InChI=1S/C26H32N2O6/c1-17(33-18(2)29)21-9-8-20-7-6-19(16-22(20)27-21)10-11-26(23(30)31)12-14-28(15-13-26)24(32)34-25(3,4)5/h6-11,16-17H,12-15H2,1-5H3,(H,30,31). The Morgan fingerprint density at radius 1 is 1.15 bits per heavy atom. The van der Waals surface area contributed by atoms with Crippen molar-refractivity contribution in [2.45, 2.75) is 59.2 Å². The second kappa shape index (κ2) is 9.83. The number of aromatic nitrogens is 1. The van der Waals surface area contributed by atoms with E-state index in [-0.39, 0.29) is 5.97 Å². The lowest BCUT2D eigenvalue weighted by Crippen LogP contribution is -2.47. The van der Waals surface area contributed by atoms with Gasteiger partial charge < -0.3 is 19.5 Å². The predicted molar refractivity (Wildman–Crippen MR) is 128 cm³/mol. The number of ether oxygens (including phenoxy) is 2. The van der Waals surface area contributed by atoms with E-state index < -0.39 is 29.2 Å². The third-order valence-electron chi connectivity index (χ3n) is 5.83. The van der Waals surface area contributed by atoms with E-state index >= 15 is 0 Å². The van der Waals surface area contributed by atoms with Gasteiger partial charge in [-0.25, -0.2) is 9.78 Å². The molecule has 182 valence electrons. The lowest BCUT2D eigenvalue weighted by Gasteiger charge is -2.37. The molecule has 0 bridgehead atoms. The number of likely N-dealkylation sites (tertiary alicyclic amines) is 1. The van der Waals surface area contributed by atoms with Gasteiger partial charge in [-0.1, -0.05) is 30.4 Å². The molecule has 0 aliphatic carbocycles. The molecule has 1 fully saturated rings. The number of esters is 1. The fourth-order valence-electron chi connectivity index (χ4n) is 3.91. The first-order chi connectivity index (χ1) is 15.9. The number of aliphatic carboxylic acids is 1. The Kier molecular flexibility index (Phi) is 7.29. The van der Waals surface area contributed by atoms with Gasteiger partial charge in [0.05, 0.1) is 16.6 Å². The third-order valence-corrected chi connectivity index (χ3v) is 5.83. The van der Waals surface area contributed by atoms with Crippen LogP contribution in [0.25, 0.3) is 17.0 Å². The first-order valence-electron chi connectivity index (χ1n) is 11.4. The van der Waals surface area contributed by atoms with E-state index in [1.165, 1.54) is 6.92 Å². The van der Waals surface area contributed by atoms with Gasteiger partial charge >= 0.3 is 18.0 Å². The highest BCUT2D eigenvalue weighted by Gasteiger charge is 2.41. The van der Waals surface area contributed by atoms with Gasteiger partial charge in [-0.2, -0.15) is 0 Å². The number of fused-ring (bicyclic) bond motifs is 1. The largest absolute Gasteiger partial charge is 0.481 e. The van der Waals surface area contributed by atoms with E-state index in [4.69, 9.17) is 9.47 Å². The molecule has 1 N–H and O–H groups in total. The average molecular weight is 469 g/mol. The first kappa shape index (κ1) is 25.2. The van der Waals surface area contributed by atoms with Crippen molar-refractivity contribution in [1.82, 2.24) is 9.88 Å². The second-order valence-corrected chi connectivity index (χ2v) is 9.70. The number of carbonyl (C=O) groups excluding carboxylic acids is 2. The summed E-state index contributed by atoms with van der Waals surface area (Å²) in [7, 11) is 0. The van der Waals surface area contributed by atoms with Crippen molar-refractivity contribution in [2.75, 3.05) is 13.1 Å². The number of carbonyl (C=O) groups is 3. The average Bonchev–Trinajstić information content (AvgIpc) is 2.75. The minimum Gasteiger partial charge on any atom is -0.481 e.